The Morgan fingerprint density at radius 3 is 2.33 bits per heavy atom. The molecule has 0 aromatic heterocycles. The van der Waals surface area contributed by atoms with Crippen molar-refractivity contribution in [1.82, 2.24) is 4.90 Å². The number of halogens is 1. The first-order chi connectivity index (χ1) is 11.5. The summed E-state index contributed by atoms with van der Waals surface area (Å²) in [5.41, 5.74) is 1.30. The highest BCUT2D eigenvalue weighted by Gasteiger charge is 2.52. The van der Waals surface area contributed by atoms with Crippen LogP contribution in [0.2, 0.25) is 0 Å². The summed E-state index contributed by atoms with van der Waals surface area (Å²) in [5.74, 6) is -0.197. The third-order valence-electron chi connectivity index (χ3n) is 4.36. The lowest BCUT2D eigenvalue weighted by atomic mass is 9.94. The number of hydrogen-bond acceptors (Lipinski definition) is 2. The third kappa shape index (κ3) is 3.36. The predicted octanol–water partition coefficient (Wildman–Crippen LogP) is 3.58. The van der Waals surface area contributed by atoms with E-state index in [1.807, 2.05) is 54.6 Å². The Kier molecular flexibility index (Phi) is 4.71. The van der Waals surface area contributed by atoms with E-state index in [-0.39, 0.29) is 18.4 Å². The van der Waals surface area contributed by atoms with E-state index < -0.39 is 5.41 Å². The fourth-order valence-electron chi connectivity index (χ4n) is 2.91. The van der Waals surface area contributed by atoms with Crippen molar-refractivity contribution < 1.29 is 9.59 Å². The highest BCUT2D eigenvalue weighted by molar-refractivity contribution is 9.10. The summed E-state index contributed by atoms with van der Waals surface area (Å²) in [6.45, 7) is 0.0365. The van der Waals surface area contributed by atoms with Gasteiger partial charge in [-0.05, 0) is 46.5 Å². The van der Waals surface area contributed by atoms with Crippen LogP contribution >= 0.6 is 15.9 Å². The molecule has 0 spiro atoms. The van der Waals surface area contributed by atoms with Crippen LogP contribution in [-0.4, -0.2) is 30.3 Å². The van der Waals surface area contributed by atoms with Crippen LogP contribution in [0, 0.1) is 0 Å². The van der Waals surface area contributed by atoms with Crippen LogP contribution in [0.15, 0.2) is 59.1 Å². The Morgan fingerprint density at radius 2 is 1.71 bits per heavy atom. The first-order valence-electron chi connectivity index (χ1n) is 7.88. The number of nitrogens with one attached hydrogen (secondary N) is 1. The summed E-state index contributed by atoms with van der Waals surface area (Å²) in [5, 5.41) is 2.83. The maximum atomic E-state index is 12.8. The van der Waals surface area contributed by atoms with E-state index in [2.05, 4.69) is 21.2 Å². The van der Waals surface area contributed by atoms with E-state index in [0.29, 0.717) is 5.69 Å². The SMILES string of the molecule is CN(CC(=O)Nc1ccccc1Br)C(=O)C1(c2ccccc2)CC1. The first-order valence-corrected chi connectivity index (χ1v) is 8.68. The molecule has 0 radical (unpaired) electrons. The number of rotatable bonds is 5. The Labute approximate surface area is 150 Å². The number of carbonyl (C=O) groups is 2. The van der Waals surface area contributed by atoms with Crippen molar-refractivity contribution >= 4 is 33.4 Å². The molecule has 24 heavy (non-hydrogen) atoms. The smallest absolute Gasteiger partial charge is 0.244 e. The van der Waals surface area contributed by atoms with E-state index in [1.165, 1.54) is 4.90 Å². The highest BCUT2D eigenvalue weighted by atomic mass is 79.9. The minimum absolute atomic E-state index is 0.0102. The van der Waals surface area contributed by atoms with Gasteiger partial charge in [-0.3, -0.25) is 9.59 Å². The molecular formula is C19H19BrN2O2. The zero-order valence-corrected chi connectivity index (χ0v) is 15.0. The number of benzene rings is 2. The number of carbonyl (C=O) groups excluding carboxylic acids is 2. The summed E-state index contributed by atoms with van der Waals surface area (Å²) >= 11 is 3.40. The Morgan fingerprint density at radius 1 is 1.08 bits per heavy atom. The summed E-state index contributed by atoms with van der Waals surface area (Å²) in [4.78, 5) is 26.6. The fraction of sp³-hybridized carbons (Fsp3) is 0.263. The maximum absolute atomic E-state index is 12.8. The van der Waals surface area contributed by atoms with Gasteiger partial charge in [-0.2, -0.15) is 0 Å². The van der Waals surface area contributed by atoms with Gasteiger partial charge < -0.3 is 10.2 Å². The van der Waals surface area contributed by atoms with Crippen LogP contribution < -0.4 is 5.32 Å². The molecule has 124 valence electrons. The Hall–Kier alpha value is -2.14. The number of para-hydroxylation sites is 1. The number of likely N-dealkylation sites (N-methyl/N-ethyl adjacent to an activating group) is 1. The van der Waals surface area contributed by atoms with Crippen LogP contribution in [0.3, 0.4) is 0 Å². The standard InChI is InChI=1S/C19H19BrN2O2/c1-22(13-17(23)21-16-10-6-5-9-15(16)20)18(24)19(11-12-19)14-7-3-2-4-8-14/h2-10H,11-13H2,1H3,(H,21,23). The van der Waals surface area contributed by atoms with Crippen LogP contribution in [0.25, 0.3) is 0 Å². The van der Waals surface area contributed by atoms with Gasteiger partial charge in [0, 0.05) is 11.5 Å². The molecule has 0 unspecified atom stereocenters. The number of anilines is 1. The van der Waals surface area contributed by atoms with E-state index in [9.17, 15) is 9.59 Å². The summed E-state index contributed by atoms with van der Waals surface area (Å²) < 4.78 is 0.815. The quantitative estimate of drug-likeness (QED) is 0.853. The summed E-state index contributed by atoms with van der Waals surface area (Å²) in [7, 11) is 1.69. The minimum Gasteiger partial charge on any atom is -0.336 e. The second-order valence-electron chi connectivity index (χ2n) is 6.14. The molecule has 1 fully saturated rings. The molecule has 1 saturated carbocycles. The van der Waals surface area contributed by atoms with Gasteiger partial charge in [-0.15, -0.1) is 0 Å². The fourth-order valence-corrected chi connectivity index (χ4v) is 3.30. The maximum Gasteiger partial charge on any atom is 0.244 e. The average molecular weight is 387 g/mol. The molecule has 2 aromatic carbocycles. The first kappa shape index (κ1) is 16.7. The van der Waals surface area contributed by atoms with Crippen molar-refractivity contribution in [3.8, 4) is 0 Å². The van der Waals surface area contributed by atoms with Crippen molar-refractivity contribution in [2.24, 2.45) is 0 Å². The molecule has 0 bridgehead atoms. The molecule has 0 atom stereocenters. The molecule has 1 aliphatic carbocycles. The summed E-state index contributed by atoms with van der Waals surface area (Å²) in [6.07, 6.45) is 1.68. The summed E-state index contributed by atoms with van der Waals surface area (Å²) in [6, 6.07) is 17.2. The van der Waals surface area contributed by atoms with Gasteiger partial charge in [0.2, 0.25) is 11.8 Å². The van der Waals surface area contributed by atoms with E-state index in [1.54, 1.807) is 7.05 Å². The molecule has 0 heterocycles. The third-order valence-corrected chi connectivity index (χ3v) is 5.05. The van der Waals surface area contributed by atoms with Gasteiger partial charge in [0.25, 0.3) is 0 Å². The molecule has 4 nitrogen and oxygen atoms in total. The van der Waals surface area contributed by atoms with E-state index in [4.69, 9.17) is 0 Å². The molecule has 5 heteroatoms. The number of hydrogen-bond donors (Lipinski definition) is 1. The second-order valence-corrected chi connectivity index (χ2v) is 6.99. The predicted molar refractivity (Wildman–Crippen MR) is 97.8 cm³/mol. The molecule has 1 N–H and O–H groups in total. The molecule has 2 amide bonds. The largest absolute Gasteiger partial charge is 0.336 e. The van der Waals surface area contributed by atoms with Crippen molar-refractivity contribution in [1.29, 1.82) is 0 Å². The number of amides is 2. The van der Waals surface area contributed by atoms with Gasteiger partial charge in [0.15, 0.2) is 0 Å². The topological polar surface area (TPSA) is 49.4 Å². The Balaban J connectivity index is 1.65. The van der Waals surface area contributed by atoms with Gasteiger partial charge in [0.1, 0.15) is 0 Å². The average Bonchev–Trinajstić information content (AvgIpc) is 3.39. The molecule has 1 aliphatic rings. The number of nitrogens with zero attached hydrogens (tertiary/aromatic N) is 1. The zero-order chi connectivity index (χ0) is 17.2. The van der Waals surface area contributed by atoms with E-state index >= 15 is 0 Å². The van der Waals surface area contributed by atoms with Crippen molar-refractivity contribution in [3.63, 3.8) is 0 Å². The van der Waals surface area contributed by atoms with E-state index in [0.717, 1.165) is 22.9 Å². The van der Waals surface area contributed by atoms with Crippen LogP contribution in [0.1, 0.15) is 18.4 Å². The molecule has 0 saturated heterocycles. The van der Waals surface area contributed by atoms with Gasteiger partial charge in [-0.1, -0.05) is 42.5 Å². The van der Waals surface area contributed by atoms with Gasteiger partial charge in [0.05, 0.1) is 17.6 Å². The van der Waals surface area contributed by atoms with Crippen molar-refractivity contribution in [3.05, 3.63) is 64.6 Å². The second kappa shape index (κ2) is 6.77. The van der Waals surface area contributed by atoms with Crippen LogP contribution in [0.5, 0.6) is 0 Å². The normalized spacial score (nSPS) is 14.8. The Bertz CT molecular complexity index is 757. The molecule has 3 rings (SSSR count). The highest BCUT2D eigenvalue weighted by Crippen LogP contribution is 2.49. The van der Waals surface area contributed by atoms with Crippen LogP contribution in [-0.2, 0) is 15.0 Å². The molecular weight excluding hydrogens is 368 g/mol. The monoisotopic (exact) mass is 386 g/mol. The van der Waals surface area contributed by atoms with Crippen molar-refractivity contribution in [2.75, 3.05) is 18.9 Å². The lowest BCUT2D eigenvalue weighted by Crippen LogP contribution is -2.41. The van der Waals surface area contributed by atoms with Gasteiger partial charge in [-0.25, -0.2) is 0 Å². The molecule has 2 aromatic rings. The lowest BCUT2D eigenvalue weighted by Gasteiger charge is -2.23. The van der Waals surface area contributed by atoms with Gasteiger partial charge >= 0.3 is 0 Å². The zero-order valence-electron chi connectivity index (χ0n) is 13.5. The lowest BCUT2D eigenvalue weighted by molar-refractivity contribution is -0.135. The van der Waals surface area contributed by atoms with Crippen LogP contribution in [0.4, 0.5) is 5.69 Å². The molecule has 0 aliphatic heterocycles. The van der Waals surface area contributed by atoms with Crippen molar-refractivity contribution in [2.45, 2.75) is 18.3 Å². The minimum atomic E-state index is -0.441.